The summed E-state index contributed by atoms with van der Waals surface area (Å²) in [5.74, 6) is 0.469. The third kappa shape index (κ3) is 6.93. The van der Waals surface area contributed by atoms with Crippen LogP contribution in [-0.2, 0) is 26.2 Å². The summed E-state index contributed by atoms with van der Waals surface area (Å²) in [6.07, 6.45) is 1.42. The molecule has 1 heterocycles. The van der Waals surface area contributed by atoms with Crippen LogP contribution in [0.3, 0.4) is 0 Å². The molecule has 33 heavy (non-hydrogen) atoms. The van der Waals surface area contributed by atoms with E-state index in [1.165, 1.54) is 31.4 Å². The van der Waals surface area contributed by atoms with Crippen molar-refractivity contribution in [2.45, 2.75) is 30.8 Å². The van der Waals surface area contributed by atoms with Crippen molar-refractivity contribution in [3.8, 4) is 5.75 Å². The molecule has 174 valence electrons. The zero-order valence-corrected chi connectivity index (χ0v) is 19.0. The lowest BCUT2D eigenvalue weighted by molar-refractivity contribution is -0.120. The monoisotopic (exact) mass is 471 g/mol. The minimum Gasteiger partial charge on any atom is -0.497 e. The highest BCUT2D eigenvalue weighted by Gasteiger charge is 2.19. The molecule has 0 radical (unpaired) electrons. The molecule has 2 amide bonds. The van der Waals surface area contributed by atoms with Crippen LogP contribution in [-0.4, -0.2) is 27.3 Å². The lowest BCUT2D eigenvalue weighted by Gasteiger charge is -2.18. The fourth-order valence-electron chi connectivity index (χ4n) is 3.13. The van der Waals surface area contributed by atoms with E-state index < -0.39 is 16.1 Å². The molecule has 9 nitrogen and oxygen atoms in total. The molecule has 0 aliphatic carbocycles. The predicted molar refractivity (Wildman–Crippen MR) is 122 cm³/mol. The molecule has 0 bridgehead atoms. The minimum absolute atomic E-state index is 0.000390. The fraction of sp³-hybridized carbons (Fsp3) is 0.217. The van der Waals surface area contributed by atoms with E-state index in [1.807, 2.05) is 0 Å². The highest BCUT2D eigenvalue weighted by atomic mass is 32.2. The first kappa shape index (κ1) is 24.0. The Labute approximate surface area is 192 Å². The van der Waals surface area contributed by atoms with Gasteiger partial charge in [0.05, 0.1) is 37.3 Å². The smallest absolute Gasteiger partial charge is 0.241 e. The molecule has 0 saturated heterocycles. The number of anilines is 1. The Morgan fingerprint density at radius 3 is 2.45 bits per heavy atom. The van der Waals surface area contributed by atoms with Crippen LogP contribution < -0.4 is 20.1 Å². The Morgan fingerprint density at radius 1 is 1.06 bits per heavy atom. The number of benzene rings is 2. The van der Waals surface area contributed by atoms with E-state index in [4.69, 9.17) is 9.15 Å². The molecule has 3 N–H and O–H groups in total. The van der Waals surface area contributed by atoms with Crippen LogP contribution in [0, 0.1) is 0 Å². The van der Waals surface area contributed by atoms with Crippen LogP contribution in [0.2, 0.25) is 0 Å². The number of rotatable bonds is 10. The average Bonchev–Trinajstić information content (AvgIpc) is 3.31. The van der Waals surface area contributed by atoms with Gasteiger partial charge in [-0.05, 0) is 48.0 Å². The Bertz CT molecular complexity index is 1190. The van der Waals surface area contributed by atoms with E-state index in [9.17, 15) is 18.0 Å². The van der Waals surface area contributed by atoms with E-state index in [0.29, 0.717) is 17.2 Å². The van der Waals surface area contributed by atoms with E-state index in [-0.39, 0.29) is 29.7 Å². The van der Waals surface area contributed by atoms with Gasteiger partial charge in [0.1, 0.15) is 11.5 Å². The normalized spacial score (nSPS) is 12.1. The second-order valence-corrected chi connectivity index (χ2v) is 8.98. The summed E-state index contributed by atoms with van der Waals surface area (Å²) < 4.78 is 37.9. The molecule has 0 saturated carbocycles. The molecule has 0 aliphatic rings. The molecule has 2 aromatic carbocycles. The van der Waals surface area contributed by atoms with Crippen molar-refractivity contribution >= 4 is 27.5 Å². The molecule has 3 rings (SSSR count). The van der Waals surface area contributed by atoms with Crippen LogP contribution in [0.4, 0.5) is 5.69 Å². The third-order valence-corrected chi connectivity index (χ3v) is 6.13. The van der Waals surface area contributed by atoms with E-state index in [0.717, 1.165) is 5.56 Å². The van der Waals surface area contributed by atoms with Gasteiger partial charge < -0.3 is 19.8 Å². The summed E-state index contributed by atoms with van der Waals surface area (Å²) in [6.45, 7) is 1.38. The summed E-state index contributed by atoms with van der Waals surface area (Å²) in [7, 11) is -2.26. The molecule has 0 fully saturated rings. The number of carbonyl (C=O) groups excluding carboxylic acids is 2. The maximum Gasteiger partial charge on any atom is 0.241 e. The first-order valence-electron chi connectivity index (χ1n) is 10.1. The predicted octanol–water partition coefficient (Wildman–Crippen LogP) is 2.97. The number of hydrogen-bond acceptors (Lipinski definition) is 6. The van der Waals surface area contributed by atoms with Crippen molar-refractivity contribution in [1.82, 2.24) is 10.0 Å². The molecule has 1 unspecified atom stereocenters. The molecule has 0 spiro atoms. The van der Waals surface area contributed by atoms with E-state index >= 15 is 0 Å². The van der Waals surface area contributed by atoms with Crippen LogP contribution in [0.25, 0.3) is 0 Å². The van der Waals surface area contributed by atoms with Gasteiger partial charge in [-0.2, -0.15) is 0 Å². The molecular formula is C23H25N3O6S. The Hall–Kier alpha value is -3.63. The highest BCUT2D eigenvalue weighted by molar-refractivity contribution is 7.89. The summed E-state index contributed by atoms with van der Waals surface area (Å²) in [5, 5.41) is 5.46. The lowest BCUT2D eigenvalue weighted by Crippen LogP contribution is -2.29. The number of hydrogen-bond donors (Lipinski definition) is 3. The third-order valence-electron chi connectivity index (χ3n) is 4.73. The molecule has 0 aliphatic heterocycles. The first-order chi connectivity index (χ1) is 15.8. The van der Waals surface area contributed by atoms with Crippen LogP contribution >= 0.6 is 0 Å². The van der Waals surface area contributed by atoms with Crippen LogP contribution in [0.1, 0.15) is 30.7 Å². The Balaban J connectivity index is 1.68. The van der Waals surface area contributed by atoms with Crippen LogP contribution in [0.15, 0.2) is 76.2 Å². The number of ether oxygens (including phenoxy) is 1. The Morgan fingerprint density at radius 2 is 1.82 bits per heavy atom. The van der Waals surface area contributed by atoms with Gasteiger partial charge in [-0.3, -0.25) is 9.59 Å². The van der Waals surface area contributed by atoms with E-state index in [2.05, 4.69) is 15.4 Å². The average molecular weight is 472 g/mol. The van der Waals surface area contributed by atoms with Crippen LogP contribution in [0.5, 0.6) is 5.75 Å². The second kappa shape index (κ2) is 10.8. The molecule has 10 heteroatoms. The number of carbonyl (C=O) groups is 2. The maximum atomic E-state index is 12.7. The van der Waals surface area contributed by atoms with Crippen molar-refractivity contribution < 1.29 is 27.2 Å². The first-order valence-corrected chi connectivity index (χ1v) is 11.6. The standard InChI is InChI=1S/C23H25N3O6S/c1-16(27)25-22(17-8-10-19(31-2)11-9-17)14-23(28)26-18-5-3-7-21(13-18)33(29,30)24-15-20-6-4-12-32-20/h3-13,22,24H,14-15H2,1-2H3,(H,25,27)(H,26,28). The number of methoxy groups -OCH3 is 1. The van der Waals surface area contributed by atoms with Crippen molar-refractivity contribution in [2.24, 2.45) is 0 Å². The van der Waals surface area contributed by atoms with Gasteiger partial charge in [-0.25, -0.2) is 13.1 Å². The molecular weight excluding hydrogens is 446 g/mol. The Kier molecular flexibility index (Phi) is 7.86. The summed E-state index contributed by atoms with van der Waals surface area (Å²) >= 11 is 0. The summed E-state index contributed by atoms with van der Waals surface area (Å²) in [5.41, 5.74) is 1.05. The summed E-state index contributed by atoms with van der Waals surface area (Å²) in [4.78, 5) is 24.3. The molecule has 1 atom stereocenters. The number of sulfonamides is 1. The van der Waals surface area contributed by atoms with E-state index in [1.54, 1.807) is 49.6 Å². The van der Waals surface area contributed by atoms with Crippen molar-refractivity contribution in [2.75, 3.05) is 12.4 Å². The van der Waals surface area contributed by atoms with Crippen molar-refractivity contribution in [1.29, 1.82) is 0 Å². The zero-order valence-electron chi connectivity index (χ0n) is 18.2. The number of furan rings is 1. The van der Waals surface area contributed by atoms with Gasteiger partial charge in [0, 0.05) is 12.6 Å². The second-order valence-electron chi connectivity index (χ2n) is 7.21. The van der Waals surface area contributed by atoms with Gasteiger partial charge in [0.2, 0.25) is 21.8 Å². The minimum atomic E-state index is -3.81. The van der Waals surface area contributed by atoms with Gasteiger partial charge in [-0.1, -0.05) is 18.2 Å². The fourth-order valence-corrected chi connectivity index (χ4v) is 4.17. The zero-order chi connectivity index (χ0) is 23.8. The number of amides is 2. The van der Waals surface area contributed by atoms with Gasteiger partial charge >= 0.3 is 0 Å². The lowest BCUT2D eigenvalue weighted by atomic mass is 10.0. The molecule has 3 aromatic rings. The molecule has 1 aromatic heterocycles. The summed E-state index contributed by atoms with van der Waals surface area (Å²) in [6, 6.07) is 15.7. The van der Waals surface area contributed by atoms with Crippen molar-refractivity contribution in [3.05, 3.63) is 78.3 Å². The van der Waals surface area contributed by atoms with Gasteiger partial charge in [-0.15, -0.1) is 0 Å². The largest absolute Gasteiger partial charge is 0.497 e. The van der Waals surface area contributed by atoms with Gasteiger partial charge in [0.15, 0.2) is 0 Å². The quantitative estimate of drug-likeness (QED) is 0.417. The van der Waals surface area contributed by atoms with Gasteiger partial charge in [0.25, 0.3) is 0 Å². The number of nitrogens with one attached hydrogen (secondary N) is 3. The highest BCUT2D eigenvalue weighted by Crippen LogP contribution is 2.22. The SMILES string of the molecule is COc1ccc(C(CC(=O)Nc2cccc(S(=O)(=O)NCc3ccco3)c2)NC(C)=O)cc1. The van der Waals surface area contributed by atoms with Crippen molar-refractivity contribution in [3.63, 3.8) is 0 Å². The topological polar surface area (TPSA) is 127 Å². The maximum absolute atomic E-state index is 12.7.